The fourth-order valence-corrected chi connectivity index (χ4v) is 2.49. The molecule has 1 N–H and O–H groups in total. The number of non-ortho nitro benzene ring substituents is 1. The lowest BCUT2D eigenvalue weighted by molar-refractivity contribution is -0.384. The van der Waals surface area contributed by atoms with E-state index in [-0.39, 0.29) is 23.5 Å². The van der Waals surface area contributed by atoms with Crippen LogP contribution in [-0.2, 0) is 20.9 Å². The summed E-state index contributed by atoms with van der Waals surface area (Å²) in [5.41, 5.74) is 1.71. The molecule has 9 heteroatoms. The van der Waals surface area contributed by atoms with Crippen LogP contribution in [0.1, 0.15) is 28.4 Å². The van der Waals surface area contributed by atoms with Crippen molar-refractivity contribution in [1.82, 2.24) is 0 Å². The van der Waals surface area contributed by atoms with E-state index in [9.17, 15) is 19.7 Å². The maximum atomic E-state index is 12.3. The van der Waals surface area contributed by atoms with Crippen LogP contribution in [0.3, 0.4) is 0 Å². The largest absolute Gasteiger partial charge is 0.496 e. The van der Waals surface area contributed by atoms with Crippen LogP contribution in [-0.4, -0.2) is 37.1 Å². The third kappa shape index (κ3) is 6.01. The SMILES string of the molecule is CCOCc1cc(C(=O)OCC(=O)Nc2cc([N+](=O)[O-])ccc2C)ccc1OC. The number of nitro groups is 1. The van der Waals surface area contributed by atoms with Gasteiger partial charge in [-0.15, -0.1) is 0 Å². The van der Waals surface area contributed by atoms with E-state index in [1.165, 1.54) is 31.4 Å². The van der Waals surface area contributed by atoms with Crippen LogP contribution in [0.4, 0.5) is 11.4 Å². The zero-order valence-electron chi connectivity index (χ0n) is 16.4. The summed E-state index contributed by atoms with van der Waals surface area (Å²) >= 11 is 0. The van der Waals surface area contributed by atoms with Crippen molar-refractivity contribution in [2.24, 2.45) is 0 Å². The van der Waals surface area contributed by atoms with Gasteiger partial charge in [-0.25, -0.2) is 4.79 Å². The van der Waals surface area contributed by atoms with Gasteiger partial charge in [0.1, 0.15) is 5.75 Å². The monoisotopic (exact) mass is 402 g/mol. The van der Waals surface area contributed by atoms with Crippen molar-refractivity contribution in [3.05, 3.63) is 63.2 Å². The van der Waals surface area contributed by atoms with E-state index in [4.69, 9.17) is 14.2 Å². The lowest BCUT2D eigenvalue weighted by Gasteiger charge is -2.11. The molecule has 0 aliphatic carbocycles. The third-order valence-corrected chi connectivity index (χ3v) is 4.02. The van der Waals surface area contributed by atoms with Crippen LogP contribution in [0.5, 0.6) is 5.75 Å². The first kappa shape index (κ1) is 21.8. The highest BCUT2D eigenvalue weighted by molar-refractivity contribution is 5.96. The number of anilines is 1. The quantitative estimate of drug-likeness (QED) is 0.389. The molecule has 0 aliphatic heterocycles. The number of nitro benzene ring substituents is 1. The van der Waals surface area contributed by atoms with Crippen LogP contribution in [0.15, 0.2) is 36.4 Å². The number of benzene rings is 2. The molecule has 0 atom stereocenters. The van der Waals surface area contributed by atoms with Crippen molar-refractivity contribution in [3.63, 3.8) is 0 Å². The Hall–Kier alpha value is -3.46. The summed E-state index contributed by atoms with van der Waals surface area (Å²) in [6.07, 6.45) is 0. The molecule has 0 fully saturated rings. The van der Waals surface area contributed by atoms with Crippen LogP contribution in [0.2, 0.25) is 0 Å². The zero-order chi connectivity index (χ0) is 21.4. The number of amides is 1. The summed E-state index contributed by atoms with van der Waals surface area (Å²) in [6, 6.07) is 8.85. The smallest absolute Gasteiger partial charge is 0.338 e. The predicted octanol–water partition coefficient (Wildman–Crippen LogP) is 3.24. The molecule has 2 aromatic carbocycles. The molecule has 0 bridgehead atoms. The topological polar surface area (TPSA) is 117 Å². The number of carbonyl (C=O) groups is 2. The number of hydrogen-bond acceptors (Lipinski definition) is 7. The molecule has 0 saturated carbocycles. The second-order valence-corrected chi connectivity index (χ2v) is 6.04. The van der Waals surface area contributed by atoms with Gasteiger partial charge in [0, 0.05) is 24.3 Å². The number of ether oxygens (including phenoxy) is 3. The first-order valence-corrected chi connectivity index (χ1v) is 8.82. The molecule has 1 amide bonds. The molecule has 0 aliphatic rings. The maximum Gasteiger partial charge on any atom is 0.338 e. The van der Waals surface area contributed by atoms with E-state index in [2.05, 4.69) is 5.32 Å². The lowest BCUT2D eigenvalue weighted by atomic mass is 10.1. The first-order valence-electron chi connectivity index (χ1n) is 8.82. The first-order chi connectivity index (χ1) is 13.8. The summed E-state index contributed by atoms with van der Waals surface area (Å²) in [6.45, 7) is 3.80. The predicted molar refractivity (Wildman–Crippen MR) is 105 cm³/mol. The van der Waals surface area contributed by atoms with Crippen molar-refractivity contribution in [2.75, 3.05) is 25.6 Å². The Labute approximate surface area is 167 Å². The number of nitrogens with zero attached hydrogens (tertiary/aromatic N) is 1. The van der Waals surface area contributed by atoms with E-state index in [1.54, 1.807) is 19.1 Å². The summed E-state index contributed by atoms with van der Waals surface area (Å²) in [5.74, 6) is -0.713. The average Bonchev–Trinajstić information content (AvgIpc) is 2.71. The molecule has 29 heavy (non-hydrogen) atoms. The van der Waals surface area contributed by atoms with Crippen molar-refractivity contribution in [1.29, 1.82) is 0 Å². The van der Waals surface area contributed by atoms with Crippen molar-refractivity contribution < 1.29 is 28.7 Å². The Bertz CT molecular complexity index is 912. The molecule has 0 saturated heterocycles. The minimum atomic E-state index is -0.684. The number of hydrogen-bond donors (Lipinski definition) is 1. The van der Waals surface area contributed by atoms with Crippen molar-refractivity contribution in [3.8, 4) is 5.75 Å². The minimum Gasteiger partial charge on any atom is -0.496 e. The van der Waals surface area contributed by atoms with Crippen molar-refractivity contribution >= 4 is 23.3 Å². The van der Waals surface area contributed by atoms with Crippen LogP contribution >= 0.6 is 0 Å². The molecule has 0 spiro atoms. The van der Waals surface area contributed by atoms with Crippen molar-refractivity contribution in [2.45, 2.75) is 20.5 Å². The van der Waals surface area contributed by atoms with Gasteiger partial charge < -0.3 is 19.5 Å². The summed E-state index contributed by atoms with van der Waals surface area (Å²) < 4.78 is 15.6. The van der Waals surface area contributed by atoms with Gasteiger partial charge in [0.2, 0.25) is 0 Å². The summed E-state index contributed by atoms with van der Waals surface area (Å²) in [7, 11) is 1.52. The molecule has 0 unspecified atom stereocenters. The Morgan fingerprint density at radius 1 is 1.17 bits per heavy atom. The number of carbonyl (C=O) groups excluding carboxylic acids is 2. The molecule has 9 nitrogen and oxygen atoms in total. The van der Waals surface area contributed by atoms with Gasteiger partial charge >= 0.3 is 5.97 Å². The molecular formula is C20H22N2O7. The van der Waals surface area contributed by atoms with E-state index in [0.717, 1.165) is 0 Å². The number of esters is 1. The van der Waals surface area contributed by atoms with Crippen LogP contribution in [0, 0.1) is 17.0 Å². The zero-order valence-corrected chi connectivity index (χ0v) is 16.4. The van der Waals surface area contributed by atoms with Gasteiger partial charge in [0.15, 0.2) is 6.61 Å². The van der Waals surface area contributed by atoms with Gasteiger partial charge in [0.05, 0.1) is 29.9 Å². The second kappa shape index (κ2) is 10.2. The Balaban J connectivity index is 2.01. The number of rotatable bonds is 9. The fraction of sp³-hybridized carbons (Fsp3) is 0.300. The molecule has 154 valence electrons. The fourth-order valence-electron chi connectivity index (χ4n) is 2.49. The highest BCUT2D eigenvalue weighted by Gasteiger charge is 2.15. The number of nitrogens with one attached hydrogen (secondary N) is 1. The summed E-state index contributed by atoms with van der Waals surface area (Å²) in [4.78, 5) is 34.7. The Morgan fingerprint density at radius 3 is 2.59 bits per heavy atom. The summed E-state index contributed by atoms with van der Waals surface area (Å²) in [5, 5.41) is 13.4. The highest BCUT2D eigenvalue weighted by atomic mass is 16.6. The van der Waals surface area contributed by atoms with Gasteiger partial charge in [-0.05, 0) is 37.6 Å². The number of methoxy groups -OCH3 is 1. The normalized spacial score (nSPS) is 10.3. The molecule has 0 heterocycles. The van der Waals surface area contributed by atoms with Gasteiger partial charge in [-0.2, -0.15) is 0 Å². The lowest BCUT2D eigenvalue weighted by Crippen LogP contribution is -2.21. The highest BCUT2D eigenvalue weighted by Crippen LogP contribution is 2.23. The van der Waals surface area contributed by atoms with E-state index in [0.29, 0.717) is 23.5 Å². The number of aryl methyl sites for hydroxylation is 1. The van der Waals surface area contributed by atoms with E-state index < -0.39 is 23.4 Å². The molecule has 0 radical (unpaired) electrons. The van der Waals surface area contributed by atoms with Gasteiger partial charge in [-0.1, -0.05) is 6.07 Å². The van der Waals surface area contributed by atoms with Crippen LogP contribution < -0.4 is 10.1 Å². The molecule has 2 rings (SSSR count). The Kier molecular flexibility index (Phi) is 7.67. The molecule has 2 aromatic rings. The maximum absolute atomic E-state index is 12.3. The third-order valence-electron chi connectivity index (χ3n) is 4.02. The van der Waals surface area contributed by atoms with E-state index >= 15 is 0 Å². The standard InChI is InChI=1S/C20H22N2O7/c1-4-28-11-15-9-14(6-8-18(15)27-3)20(24)29-12-19(23)21-17-10-16(22(25)26)7-5-13(17)2/h5-10H,4,11-12H2,1-3H3,(H,21,23). The molecular weight excluding hydrogens is 380 g/mol. The van der Waals surface area contributed by atoms with Gasteiger partial charge in [0.25, 0.3) is 11.6 Å². The van der Waals surface area contributed by atoms with E-state index in [1.807, 2.05) is 6.92 Å². The average molecular weight is 402 g/mol. The van der Waals surface area contributed by atoms with Gasteiger partial charge in [-0.3, -0.25) is 14.9 Å². The minimum absolute atomic E-state index is 0.150. The van der Waals surface area contributed by atoms with Crippen LogP contribution in [0.25, 0.3) is 0 Å². The Morgan fingerprint density at radius 2 is 1.93 bits per heavy atom. The second-order valence-electron chi connectivity index (χ2n) is 6.04. The molecule has 0 aromatic heterocycles.